The molecular weight excluding hydrogens is 380 g/mol. The highest BCUT2D eigenvalue weighted by molar-refractivity contribution is 9.10. The molecule has 4 nitrogen and oxygen atoms in total. The van der Waals surface area contributed by atoms with E-state index in [0.717, 1.165) is 10.0 Å². The van der Waals surface area contributed by atoms with Crippen molar-refractivity contribution in [2.45, 2.75) is 0 Å². The van der Waals surface area contributed by atoms with Crippen LogP contribution in [0.3, 0.4) is 0 Å². The largest absolute Gasteiger partial charge is 0.495 e. The zero-order chi connectivity index (χ0) is 16.8. The van der Waals surface area contributed by atoms with Crippen molar-refractivity contribution in [2.75, 3.05) is 12.4 Å². The van der Waals surface area contributed by atoms with Crippen LogP contribution in [0.15, 0.2) is 52.5 Å². The van der Waals surface area contributed by atoms with Gasteiger partial charge in [-0.1, -0.05) is 39.7 Å². The normalized spacial score (nSPS) is 10.8. The Labute approximate surface area is 147 Å². The number of hydrogen-bond donors (Lipinski definition) is 1. The first-order valence-electron chi connectivity index (χ1n) is 6.55. The van der Waals surface area contributed by atoms with Crippen LogP contribution in [-0.2, 0) is 4.79 Å². The standard InChI is InChI=1S/C17H12BrClN2O2/c1-23-16-7-6-14(19)9-15(16)21-17(22)12(10-20)8-11-2-4-13(18)5-3-11/h2-9H,1H3,(H,21,22)/b12-8+. The molecular formula is C17H12BrClN2O2. The molecule has 0 aliphatic heterocycles. The van der Waals surface area contributed by atoms with Crippen molar-refractivity contribution >= 4 is 45.2 Å². The molecule has 2 rings (SSSR count). The molecule has 0 unspecified atom stereocenters. The first-order valence-corrected chi connectivity index (χ1v) is 7.73. The third-order valence-electron chi connectivity index (χ3n) is 2.96. The number of hydrogen-bond acceptors (Lipinski definition) is 3. The molecule has 0 aliphatic carbocycles. The quantitative estimate of drug-likeness (QED) is 0.609. The van der Waals surface area contributed by atoms with Gasteiger partial charge in [-0.15, -0.1) is 0 Å². The van der Waals surface area contributed by atoms with E-state index in [9.17, 15) is 10.1 Å². The van der Waals surface area contributed by atoms with E-state index in [-0.39, 0.29) is 5.57 Å². The number of nitrogens with one attached hydrogen (secondary N) is 1. The van der Waals surface area contributed by atoms with E-state index >= 15 is 0 Å². The number of ether oxygens (including phenoxy) is 1. The minimum atomic E-state index is -0.531. The molecule has 0 heterocycles. The average molecular weight is 392 g/mol. The third-order valence-corrected chi connectivity index (χ3v) is 3.72. The highest BCUT2D eigenvalue weighted by atomic mass is 79.9. The number of rotatable bonds is 4. The van der Waals surface area contributed by atoms with Crippen molar-refractivity contribution in [2.24, 2.45) is 0 Å². The summed E-state index contributed by atoms with van der Waals surface area (Å²) in [7, 11) is 1.49. The second kappa shape index (κ2) is 7.82. The van der Waals surface area contributed by atoms with Gasteiger partial charge in [-0.05, 0) is 42.0 Å². The predicted octanol–water partition coefficient (Wildman–Crippen LogP) is 4.66. The number of halogens is 2. The van der Waals surface area contributed by atoms with Crippen molar-refractivity contribution in [1.82, 2.24) is 0 Å². The van der Waals surface area contributed by atoms with Crippen LogP contribution >= 0.6 is 27.5 Å². The second-order valence-corrected chi connectivity index (χ2v) is 5.87. The topological polar surface area (TPSA) is 62.1 Å². The molecule has 0 spiro atoms. The Morgan fingerprint density at radius 2 is 2.00 bits per heavy atom. The molecule has 0 fully saturated rings. The van der Waals surface area contributed by atoms with Crippen LogP contribution in [0, 0.1) is 11.3 Å². The van der Waals surface area contributed by atoms with Gasteiger partial charge in [0.2, 0.25) is 0 Å². The van der Waals surface area contributed by atoms with Crippen LogP contribution in [0.5, 0.6) is 5.75 Å². The lowest BCUT2D eigenvalue weighted by atomic mass is 10.1. The highest BCUT2D eigenvalue weighted by Crippen LogP contribution is 2.28. The van der Waals surface area contributed by atoms with Crippen molar-refractivity contribution in [1.29, 1.82) is 5.26 Å². The Kier molecular flexibility index (Phi) is 5.80. The van der Waals surface area contributed by atoms with Gasteiger partial charge in [0.15, 0.2) is 0 Å². The first kappa shape index (κ1) is 17.1. The van der Waals surface area contributed by atoms with E-state index < -0.39 is 5.91 Å². The highest BCUT2D eigenvalue weighted by Gasteiger charge is 2.13. The number of anilines is 1. The van der Waals surface area contributed by atoms with Crippen LogP contribution in [0.2, 0.25) is 5.02 Å². The molecule has 1 N–H and O–H groups in total. The molecule has 2 aromatic rings. The van der Waals surface area contributed by atoms with Crippen LogP contribution in [0.1, 0.15) is 5.56 Å². The summed E-state index contributed by atoms with van der Waals surface area (Å²) in [6.07, 6.45) is 1.51. The Balaban J connectivity index is 2.26. The lowest BCUT2D eigenvalue weighted by Crippen LogP contribution is -2.14. The number of carbonyl (C=O) groups excluding carboxylic acids is 1. The van der Waals surface area contributed by atoms with E-state index in [2.05, 4.69) is 21.2 Å². The Hall–Kier alpha value is -2.29. The number of amides is 1. The predicted molar refractivity (Wildman–Crippen MR) is 94.4 cm³/mol. The minimum Gasteiger partial charge on any atom is -0.495 e. The smallest absolute Gasteiger partial charge is 0.266 e. The summed E-state index contributed by atoms with van der Waals surface area (Å²) >= 11 is 9.26. The fourth-order valence-electron chi connectivity index (χ4n) is 1.84. The molecule has 23 heavy (non-hydrogen) atoms. The van der Waals surface area contributed by atoms with Gasteiger partial charge in [-0.25, -0.2) is 0 Å². The maximum Gasteiger partial charge on any atom is 0.266 e. The molecule has 0 bridgehead atoms. The Morgan fingerprint density at radius 3 is 2.61 bits per heavy atom. The zero-order valence-corrected chi connectivity index (χ0v) is 14.5. The average Bonchev–Trinajstić information content (AvgIpc) is 2.54. The van der Waals surface area contributed by atoms with E-state index in [1.807, 2.05) is 18.2 Å². The van der Waals surface area contributed by atoms with Crippen LogP contribution in [0.25, 0.3) is 6.08 Å². The Bertz CT molecular complexity index is 795. The lowest BCUT2D eigenvalue weighted by molar-refractivity contribution is -0.112. The molecule has 116 valence electrons. The summed E-state index contributed by atoms with van der Waals surface area (Å²) in [5, 5.41) is 12.3. The zero-order valence-electron chi connectivity index (χ0n) is 12.1. The summed E-state index contributed by atoms with van der Waals surface area (Å²) in [6.45, 7) is 0. The summed E-state index contributed by atoms with van der Waals surface area (Å²) < 4.78 is 6.08. The molecule has 0 saturated carbocycles. The van der Waals surface area contributed by atoms with E-state index in [1.54, 1.807) is 30.3 Å². The lowest BCUT2D eigenvalue weighted by Gasteiger charge is -2.10. The molecule has 1 amide bonds. The van der Waals surface area contributed by atoms with Crippen molar-refractivity contribution in [3.63, 3.8) is 0 Å². The van der Waals surface area contributed by atoms with Crippen molar-refractivity contribution in [3.05, 3.63) is 63.1 Å². The summed E-state index contributed by atoms with van der Waals surface area (Å²) in [5.74, 6) is -0.0698. The van der Waals surface area contributed by atoms with Gasteiger partial charge in [-0.2, -0.15) is 5.26 Å². The summed E-state index contributed by atoms with van der Waals surface area (Å²) in [6, 6.07) is 14.0. The molecule has 0 atom stereocenters. The Morgan fingerprint density at radius 1 is 1.30 bits per heavy atom. The molecule has 0 aliphatic rings. The molecule has 2 aromatic carbocycles. The monoisotopic (exact) mass is 390 g/mol. The molecule has 0 aromatic heterocycles. The SMILES string of the molecule is COc1ccc(Cl)cc1NC(=O)/C(C#N)=C/c1ccc(Br)cc1. The van der Waals surface area contributed by atoms with E-state index in [0.29, 0.717) is 16.5 Å². The maximum atomic E-state index is 12.3. The number of benzene rings is 2. The van der Waals surface area contributed by atoms with E-state index in [4.69, 9.17) is 16.3 Å². The van der Waals surface area contributed by atoms with Gasteiger partial charge in [0.1, 0.15) is 17.4 Å². The summed E-state index contributed by atoms with van der Waals surface area (Å²) in [5.41, 5.74) is 1.13. The van der Waals surface area contributed by atoms with Gasteiger partial charge in [0.25, 0.3) is 5.91 Å². The fraction of sp³-hybridized carbons (Fsp3) is 0.0588. The number of nitriles is 1. The van der Waals surface area contributed by atoms with E-state index in [1.165, 1.54) is 13.2 Å². The summed E-state index contributed by atoms with van der Waals surface area (Å²) in [4.78, 5) is 12.3. The van der Waals surface area contributed by atoms with Gasteiger partial charge in [0.05, 0.1) is 12.8 Å². The first-order chi connectivity index (χ1) is 11.0. The maximum absolute atomic E-state index is 12.3. The number of methoxy groups -OCH3 is 1. The molecule has 0 radical (unpaired) electrons. The van der Waals surface area contributed by atoms with Crippen LogP contribution in [0.4, 0.5) is 5.69 Å². The van der Waals surface area contributed by atoms with Gasteiger partial charge in [-0.3, -0.25) is 4.79 Å². The molecule has 6 heteroatoms. The number of carbonyl (C=O) groups is 1. The van der Waals surface area contributed by atoms with Gasteiger partial charge < -0.3 is 10.1 Å². The minimum absolute atomic E-state index is 0.0191. The van der Waals surface area contributed by atoms with Crippen molar-refractivity contribution in [3.8, 4) is 11.8 Å². The van der Waals surface area contributed by atoms with Crippen LogP contribution in [-0.4, -0.2) is 13.0 Å². The van der Waals surface area contributed by atoms with Crippen molar-refractivity contribution < 1.29 is 9.53 Å². The van der Waals surface area contributed by atoms with Crippen LogP contribution < -0.4 is 10.1 Å². The molecule has 0 saturated heterocycles. The fourth-order valence-corrected chi connectivity index (χ4v) is 2.28. The number of nitrogens with zero attached hydrogens (tertiary/aromatic N) is 1. The second-order valence-electron chi connectivity index (χ2n) is 4.52. The third kappa shape index (κ3) is 4.59. The van der Waals surface area contributed by atoms with Gasteiger partial charge >= 0.3 is 0 Å². The van der Waals surface area contributed by atoms with Gasteiger partial charge in [0, 0.05) is 9.50 Å².